The Morgan fingerprint density at radius 1 is 1.40 bits per heavy atom. The third-order valence-electron chi connectivity index (χ3n) is 2.04. The van der Waals surface area contributed by atoms with Crippen LogP contribution in [0.4, 0.5) is 0 Å². The van der Waals surface area contributed by atoms with Gasteiger partial charge in [0.05, 0.1) is 18.9 Å². The van der Waals surface area contributed by atoms with Gasteiger partial charge in [0.25, 0.3) is 0 Å². The van der Waals surface area contributed by atoms with Gasteiger partial charge in [0.2, 0.25) is 0 Å². The summed E-state index contributed by atoms with van der Waals surface area (Å²) in [6.07, 6.45) is 0.345. The van der Waals surface area contributed by atoms with Crippen LogP contribution in [0.25, 0.3) is 0 Å². The number of ether oxygens (including phenoxy) is 1. The number of ketones is 1. The standard InChI is InChI=1S/C11H12Cl2O2/c1-15-11-3-2-8(4-9(11)6-12)5-10(14)7-13/h2-4H,5-7H2,1H3. The molecule has 0 unspecified atom stereocenters. The van der Waals surface area contributed by atoms with E-state index in [1.54, 1.807) is 7.11 Å². The molecule has 0 amide bonds. The first-order chi connectivity index (χ1) is 7.21. The van der Waals surface area contributed by atoms with Crippen LogP contribution in [0, 0.1) is 0 Å². The van der Waals surface area contributed by atoms with Crippen molar-refractivity contribution in [3.8, 4) is 5.75 Å². The fourth-order valence-corrected chi connectivity index (χ4v) is 1.62. The number of alkyl halides is 2. The molecule has 0 aliphatic rings. The van der Waals surface area contributed by atoms with E-state index in [0.29, 0.717) is 12.3 Å². The van der Waals surface area contributed by atoms with Crippen molar-refractivity contribution in [2.24, 2.45) is 0 Å². The summed E-state index contributed by atoms with van der Waals surface area (Å²) in [5, 5.41) is 0. The number of methoxy groups -OCH3 is 1. The Hall–Kier alpha value is -0.730. The van der Waals surface area contributed by atoms with Gasteiger partial charge >= 0.3 is 0 Å². The van der Waals surface area contributed by atoms with Crippen molar-refractivity contribution in [2.75, 3.05) is 13.0 Å². The summed E-state index contributed by atoms with van der Waals surface area (Å²) in [5.41, 5.74) is 1.80. The predicted molar refractivity (Wildman–Crippen MR) is 62.0 cm³/mol. The maximum Gasteiger partial charge on any atom is 0.151 e. The normalized spacial score (nSPS) is 10.1. The smallest absolute Gasteiger partial charge is 0.151 e. The second-order valence-corrected chi connectivity index (χ2v) is 3.66. The molecule has 2 nitrogen and oxygen atoms in total. The van der Waals surface area contributed by atoms with E-state index < -0.39 is 0 Å². The van der Waals surface area contributed by atoms with Crippen LogP contribution in [0.1, 0.15) is 11.1 Å². The Morgan fingerprint density at radius 3 is 2.67 bits per heavy atom. The highest BCUT2D eigenvalue weighted by Crippen LogP contribution is 2.21. The van der Waals surface area contributed by atoms with Crippen LogP contribution >= 0.6 is 23.2 Å². The molecule has 0 saturated carbocycles. The monoisotopic (exact) mass is 246 g/mol. The van der Waals surface area contributed by atoms with Gasteiger partial charge in [-0.2, -0.15) is 0 Å². The number of halogens is 2. The summed E-state index contributed by atoms with van der Waals surface area (Å²) in [6, 6.07) is 5.53. The van der Waals surface area contributed by atoms with Crippen LogP contribution in [0.3, 0.4) is 0 Å². The Morgan fingerprint density at radius 2 is 2.13 bits per heavy atom. The summed E-state index contributed by atoms with van der Waals surface area (Å²) in [7, 11) is 1.59. The van der Waals surface area contributed by atoms with Gasteiger partial charge in [-0.05, 0) is 11.6 Å². The quantitative estimate of drug-likeness (QED) is 0.748. The zero-order chi connectivity index (χ0) is 11.3. The van der Waals surface area contributed by atoms with Crippen molar-refractivity contribution in [1.82, 2.24) is 0 Å². The minimum absolute atomic E-state index is 0.00218. The number of benzene rings is 1. The first-order valence-corrected chi connectivity index (χ1v) is 5.57. The number of hydrogen-bond donors (Lipinski definition) is 0. The van der Waals surface area contributed by atoms with E-state index in [4.69, 9.17) is 27.9 Å². The topological polar surface area (TPSA) is 26.3 Å². The molecule has 4 heteroatoms. The molecule has 1 aromatic rings. The lowest BCUT2D eigenvalue weighted by Crippen LogP contribution is -2.04. The molecule has 0 saturated heterocycles. The third kappa shape index (κ3) is 3.40. The van der Waals surface area contributed by atoms with Gasteiger partial charge in [0, 0.05) is 12.0 Å². The maximum absolute atomic E-state index is 11.1. The number of hydrogen-bond acceptors (Lipinski definition) is 2. The molecular formula is C11H12Cl2O2. The first-order valence-electron chi connectivity index (χ1n) is 4.50. The Kier molecular flexibility index (Phi) is 4.92. The third-order valence-corrected chi connectivity index (χ3v) is 2.63. The maximum atomic E-state index is 11.1. The average molecular weight is 247 g/mol. The molecule has 0 bridgehead atoms. The molecule has 0 aliphatic carbocycles. The molecular weight excluding hydrogens is 235 g/mol. The average Bonchev–Trinajstić information content (AvgIpc) is 2.28. The van der Waals surface area contributed by atoms with E-state index >= 15 is 0 Å². The van der Waals surface area contributed by atoms with Gasteiger partial charge in [-0.3, -0.25) is 4.79 Å². The molecule has 0 aliphatic heterocycles. The largest absolute Gasteiger partial charge is 0.496 e. The Labute approximate surface area is 99.1 Å². The van der Waals surface area contributed by atoms with Crippen molar-refractivity contribution < 1.29 is 9.53 Å². The molecule has 1 aromatic carbocycles. The van der Waals surface area contributed by atoms with Crippen LogP contribution in [-0.2, 0) is 17.1 Å². The van der Waals surface area contributed by atoms with Crippen molar-refractivity contribution in [1.29, 1.82) is 0 Å². The molecule has 0 heterocycles. The minimum Gasteiger partial charge on any atom is -0.496 e. The second-order valence-electron chi connectivity index (χ2n) is 3.13. The SMILES string of the molecule is COc1ccc(CC(=O)CCl)cc1CCl. The number of Topliss-reactive ketones (excluding diaryl/α,β-unsaturated/α-hetero) is 1. The van der Waals surface area contributed by atoms with Crippen LogP contribution in [0.5, 0.6) is 5.75 Å². The zero-order valence-electron chi connectivity index (χ0n) is 8.43. The molecule has 15 heavy (non-hydrogen) atoms. The first kappa shape index (κ1) is 12.3. The van der Waals surface area contributed by atoms with Crippen LogP contribution in [-0.4, -0.2) is 18.8 Å². The molecule has 0 atom stereocenters. The zero-order valence-corrected chi connectivity index (χ0v) is 9.94. The summed E-state index contributed by atoms with van der Waals surface area (Å²) in [6.45, 7) is 0. The molecule has 1 rings (SSSR count). The minimum atomic E-state index is 0.00218. The predicted octanol–water partition coefficient (Wildman–Crippen LogP) is 2.78. The van der Waals surface area contributed by atoms with E-state index in [0.717, 1.165) is 16.9 Å². The molecule has 0 N–H and O–H groups in total. The van der Waals surface area contributed by atoms with Gasteiger partial charge in [-0.1, -0.05) is 12.1 Å². The highest BCUT2D eigenvalue weighted by Gasteiger charge is 2.06. The van der Waals surface area contributed by atoms with Crippen LogP contribution in [0.15, 0.2) is 18.2 Å². The van der Waals surface area contributed by atoms with E-state index in [2.05, 4.69) is 0 Å². The number of carbonyl (C=O) groups is 1. The molecule has 0 aromatic heterocycles. The molecule has 82 valence electrons. The summed E-state index contributed by atoms with van der Waals surface area (Å²) in [4.78, 5) is 11.1. The van der Waals surface area contributed by atoms with Crippen LogP contribution in [0.2, 0.25) is 0 Å². The van der Waals surface area contributed by atoms with Gasteiger partial charge in [0.15, 0.2) is 5.78 Å². The fraction of sp³-hybridized carbons (Fsp3) is 0.364. The lowest BCUT2D eigenvalue weighted by Gasteiger charge is -2.07. The van der Waals surface area contributed by atoms with Crippen molar-refractivity contribution in [3.05, 3.63) is 29.3 Å². The Bertz CT molecular complexity index is 350. The van der Waals surface area contributed by atoms with E-state index in [1.807, 2.05) is 18.2 Å². The van der Waals surface area contributed by atoms with E-state index in [9.17, 15) is 4.79 Å². The highest BCUT2D eigenvalue weighted by atomic mass is 35.5. The van der Waals surface area contributed by atoms with E-state index in [-0.39, 0.29) is 11.7 Å². The molecule has 0 spiro atoms. The molecule has 0 radical (unpaired) electrons. The van der Waals surface area contributed by atoms with E-state index in [1.165, 1.54) is 0 Å². The van der Waals surface area contributed by atoms with Crippen molar-refractivity contribution in [3.63, 3.8) is 0 Å². The summed E-state index contributed by atoms with van der Waals surface area (Å²) >= 11 is 11.2. The highest BCUT2D eigenvalue weighted by molar-refractivity contribution is 6.27. The number of carbonyl (C=O) groups excluding carboxylic acids is 1. The van der Waals surface area contributed by atoms with Crippen molar-refractivity contribution in [2.45, 2.75) is 12.3 Å². The van der Waals surface area contributed by atoms with Gasteiger partial charge < -0.3 is 4.74 Å². The lowest BCUT2D eigenvalue weighted by atomic mass is 10.1. The van der Waals surface area contributed by atoms with Crippen molar-refractivity contribution >= 4 is 29.0 Å². The van der Waals surface area contributed by atoms with Crippen LogP contribution < -0.4 is 4.74 Å². The number of rotatable bonds is 5. The summed E-state index contributed by atoms with van der Waals surface area (Å²) in [5.74, 6) is 1.16. The lowest BCUT2D eigenvalue weighted by molar-refractivity contribution is -0.116. The molecule has 0 fully saturated rings. The van der Waals surface area contributed by atoms with Gasteiger partial charge in [-0.25, -0.2) is 0 Å². The summed E-state index contributed by atoms with van der Waals surface area (Å²) < 4.78 is 5.13. The Balaban J connectivity index is 2.88. The second kappa shape index (κ2) is 5.99. The van der Waals surface area contributed by atoms with Gasteiger partial charge in [-0.15, -0.1) is 23.2 Å². The fourth-order valence-electron chi connectivity index (χ4n) is 1.32. The van der Waals surface area contributed by atoms with Gasteiger partial charge in [0.1, 0.15) is 5.75 Å².